The van der Waals surface area contributed by atoms with Crippen LogP contribution in [-0.2, 0) is 0 Å². The van der Waals surface area contributed by atoms with Gasteiger partial charge in [-0.15, -0.1) is 0 Å². The number of pyridine rings is 1. The molecule has 1 aliphatic heterocycles. The molecule has 3 nitrogen and oxygen atoms in total. The van der Waals surface area contributed by atoms with Gasteiger partial charge >= 0.3 is 0 Å². The summed E-state index contributed by atoms with van der Waals surface area (Å²) in [6.45, 7) is 2.98. The number of aromatic nitrogens is 1. The van der Waals surface area contributed by atoms with Crippen LogP contribution in [-0.4, -0.2) is 24.7 Å². The van der Waals surface area contributed by atoms with E-state index in [0.717, 1.165) is 40.8 Å². The van der Waals surface area contributed by atoms with Crippen LogP contribution < -0.4 is 10.1 Å². The molecule has 0 radical (unpaired) electrons. The monoisotopic (exact) mass is 320 g/mol. The van der Waals surface area contributed by atoms with Gasteiger partial charge < -0.3 is 10.1 Å². The number of fused-ring (bicyclic) bond motifs is 1. The van der Waals surface area contributed by atoms with Crippen molar-refractivity contribution < 1.29 is 4.74 Å². The van der Waals surface area contributed by atoms with Crippen LogP contribution in [0.3, 0.4) is 0 Å². The van der Waals surface area contributed by atoms with E-state index < -0.39 is 0 Å². The van der Waals surface area contributed by atoms with Gasteiger partial charge in [0, 0.05) is 28.5 Å². The summed E-state index contributed by atoms with van der Waals surface area (Å²) in [5.41, 5.74) is 0.975. The number of ether oxygens (including phenoxy) is 1. The number of rotatable bonds is 3. The van der Waals surface area contributed by atoms with Gasteiger partial charge in [0.2, 0.25) is 0 Å². The summed E-state index contributed by atoms with van der Waals surface area (Å²) in [6, 6.07) is 8.03. The number of benzene rings is 1. The molecule has 2 aromatic rings. The van der Waals surface area contributed by atoms with Crippen LogP contribution in [0.15, 0.2) is 34.9 Å². The Morgan fingerprint density at radius 3 is 3.16 bits per heavy atom. The van der Waals surface area contributed by atoms with Crippen LogP contribution >= 0.6 is 15.9 Å². The van der Waals surface area contributed by atoms with E-state index in [1.54, 1.807) is 0 Å². The highest BCUT2D eigenvalue weighted by Gasteiger charge is 2.14. The Labute approximate surface area is 121 Å². The van der Waals surface area contributed by atoms with Crippen molar-refractivity contribution in [3.8, 4) is 5.75 Å². The molecular formula is C15H17BrN2O. The molecule has 1 atom stereocenters. The molecule has 0 aliphatic carbocycles. The van der Waals surface area contributed by atoms with Gasteiger partial charge in [0.15, 0.2) is 0 Å². The molecule has 0 unspecified atom stereocenters. The van der Waals surface area contributed by atoms with Crippen molar-refractivity contribution >= 4 is 26.8 Å². The van der Waals surface area contributed by atoms with Gasteiger partial charge in [-0.05, 0) is 43.7 Å². The second-order valence-electron chi connectivity index (χ2n) is 4.99. The third-order valence-electron chi connectivity index (χ3n) is 3.54. The first-order valence-electron chi connectivity index (χ1n) is 6.71. The van der Waals surface area contributed by atoms with Gasteiger partial charge in [0.05, 0.1) is 12.1 Å². The van der Waals surface area contributed by atoms with E-state index in [-0.39, 0.29) is 0 Å². The van der Waals surface area contributed by atoms with Gasteiger partial charge in [-0.3, -0.25) is 4.98 Å². The lowest BCUT2D eigenvalue weighted by molar-refractivity contribution is 0.220. The second-order valence-corrected chi connectivity index (χ2v) is 5.91. The van der Waals surface area contributed by atoms with Crippen molar-refractivity contribution in [2.24, 2.45) is 5.92 Å². The average Bonchev–Trinajstić information content (AvgIpc) is 2.46. The summed E-state index contributed by atoms with van der Waals surface area (Å²) < 4.78 is 7.07. The quantitative estimate of drug-likeness (QED) is 0.941. The Morgan fingerprint density at radius 1 is 1.37 bits per heavy atom. The van der Waals surface area contributed by atoms with Crippen LogP contribution in [0.2, 0.25) is 0 Å². The smallest absolute Gasteiger partial charge is 0.130 e. The Kier molecular flexibility index (Phi) is 3.99. The molecule has 2 heterocycles. The van der Waals surface area contributed by atoms with Crippen molar-refractivity contribution in [1.29, 1.82) is 0 Å². The largest absolute Gasteiger partial charge is 0.492 e. The van der Waals surface area contributed by atoms with Gasteiger partial charge in [0.25, 0.3) is 0 Å². The predicted octanol–water partition coefficient (Wildman–Crippen LogP) is 3.38. The highest BCUT2D eigenvalue weighted by atomic mass is 79.9. The van der Waals surface area contributed by atoms with E-state index in [4.69, 9.17) is 4.74 Å². The molecule has 1 aromatic heterocycles. The molecule has 1 saturated heterocycles. The first-order valence-corrected chi connectivity index (χ1v) is 7.50. The molecule has 3 rings (SSSR count). The highest BCUT2D eigenvalue weighted by Crippen LogP contribution is 2.27. The van der Waals surface area contributed by atoms with Crippen LogP contribution in [0, 0.1) is 5.92 Å². The minimum Gasteiger partial charge on any atom is -0.492 e. The molecule has 0 saturated carbocycles. The van der Waals surface area contributed by atoms with Gasteiger partial charge in [0.1, 0.15) is 5.75 Å². The number of hydrogen-bond acceptors (Lipinski definition) is 3. The average molecular weight is 321 g/mol. The van der Waals surface area contributed by atoms with E-state index in [2.05, 4.69) is 32.3 Å². The summed E-state index contributed by atoms with van der Waals surface area (Å²) in [5.74, 6) is 1.54. The predicted molar refractivity (Wildman–Crippen MR) is 80.5 cm³/mol. The molecule has 0 spiro atoms. The topological polar surface area (TPSA) is 34.1 Å². The number of nitrogens with zero attached hydrogens (tertiary/aromatic N) is 1. The third-order valence-corrected chi connectivity index (χ3v) is 4.03. The Morgan fingerprint density at radius 2 is 2.32 bits per heavy atom. The molecule has 100 valence electrons. The number of nitrogens with one attached hydrogen (secondary N) is 1. The molecule has 1 N–H and O–H groups in total. The van der Waals surface area contributed by atoms with Crippen LogP contribution in [0.25, 0.3) is 10.9 Å². The maximum absolute atomic E-state index is 6.01. The fraction of sp³-hybridized carbons (Fsp3) is 0.400. The molecular weight excluding hydrogens is 304 g/mol. The molecule has 0 bridgehead atoms. The van der Waals surface area contributed by atoms with Crippen molar-refractivity contribution in [2.75, 3.05) is 19.7 Å². The second kappa shape index (κ2) is 5.88. The first kappa shape index (κ1) is 12.9. The molecule has 1 aromatic carbocycles. The maximum Gasteiger partial charge on any atom is 0.130 e. The van der Waals surface area contributed by atoms with E-state index in [1.807, 2.05) is 24.4 Å². The zero-order chi connectivity index (χ0) is 13.1. The molecule has 19 heavy (non-hydrogen) atoms. The lowest BCUT2D eigenvalue weighted by Gasteiger charge is -2.23. The Bertz CT molecular complexity index is 567. The summed E-state index contributed by atoms with van der Waals surface area (Å²) in [4.78, 5) is 4.36. The molecule has 0 amide bonds. The molecule has 1 aliphatic rings. The van der Waals surface area contributed by atoms with Gasteiger partial charge in [-0.25, -0.2) is 0 Å². The third kappa shape index (κ3) is 3.07. The van der Waals surface area contributed by atoms with Crippen molar-refractivity contribution in [2.45, 2.75) is 12.8 Å². The fourth-order valence-corrected chi connectivity index (χ4v) is 2.85. The SMILES string of the molecule is Brc1ccc2nccc(OC[C@@H]3CCCNC3)c2c1. The molecule has 1 fully saturated rings. The zero-order valence-corrected chi connectivity index (χ0v) is 12.3. The lowest BCUT2D eigenvalue weighted by atomic mass is 10.0. The van der Waals surface area contributed by atoms with E-state index in [9.17, 15) is 0 Å². The zero-order valence-electron chi connectivity index (χ0n) is 10.7. The Hall–Kier alpha value is -1.13. The summed E-state index contributed by atoms with van der Waals surface area (Å²) in [5, 5.41) is 4.49. The van der Waals surface area contributed by atoms with Crippen LogP contribution in [0.1, 0.15) is 12.8 Å². The summed E-state index contributed by atoms with van der Waals surface area (Å²) in [7, 11) is 0. The van der Waals surface area contributed by atoms with E-state index in [0.29, 0.717) is 5.92 Å². The summed E-state index contributed by atoms with van der Waals surface area (Å²) >= 11 is 3.50. The van der Waals surface area contributed by atoms with Crippen molar-refractivity contribution in [3.63, 3.8) is 0 Å². The Balaban J connectivity index is 1.78. The lowest BCUT2D eigenvalue weighted by Crippen LogP contribution is -2.33. The number of halogens is 1. The number of piperidine rings is 1. The van der Waals surface area contributed by atoms with Crippen LogP contribution in [0.5, 0.6) is 5.75 Å². The fourth-order valence-electron chi connectivity index (χ4n) is 2.49. The minimum absolute atomic E-state index is 0.615. The molecule has 4 heteroatoms. The standard InChI is InChI=1S/C15H17BrN2O/c16-12-3-4-14-13(8-12)15(5-7-18-14)19-10-11-2-1-6-17-9-11/h3-5,7-8,11,17H,1-2,6,9-10H2/t11-/m1/s1. The van der Waals surface area contributed by atoms with E-state index in [1.165, 1.54) is 12.8 Å². The minimum atomic E-state index is 0.615. The highest BCUT2D eigenvalue weighted by molar-refractivity contribution is 9.10. The maximum atomic E-state index is 6.01. The summed E-state index contributed by atoms with van der Waals surface area (Å²) in [6.07, 6.45) is 4.31. The van der Waals surface area contributed by atoms with Crippen LogP contribution in [0.4, 0.5) is 0 Å². The van der Waals surface area contributed by atoms with Gasteiger partial charge in [-0.2, -0.15) is 0 Å². The van der Waals surface area contributed by atoms with E-state index >= 15 is 0 Å². The first-order chi connectivity index (χ1) is 9.33. The van der Waals surface area contributed by atoms with Crippen molar-refractivity contribution in [3.05, 3.63) is 34.9 Å². The van der Waals surface area contributed by atoms with Crippen molar-refractivity contribution in [1.82, 2.24) is 10.3 Å². The normalized spacial score (nSPS) is 19.5. The number of hydrogen-bond donors (Lipinski definition) is 1. The van der Waals surface area contributed by atoms with Gasteiger partial charge in [-0.1, -0.05) is 15.9 Å².